The molecule has 0 radical (unpaired) electrons. The molecule has 2 fully saturated rings. The standard InChI is InChI=1S/C20H25F3N4O2/c21-20(22,23)17-5-3-16(4-6-17)19-24-18(29-25-19)14-27-7-1-2-15(13-27)12-26-8-10-28-11-9-26/h3-6,15H,1-2,7-14H2/t15-/m0/s1. The molecule has 1 aromatic heterocycles. The number of piperidine rings is 1. The van der Waals surface area contributed by atoms with Crippen LogP contribution in [0.3, 0.4) is 0 Å². The van der Waals surface area contributed by atoms with Crippen molar-refractivity contribution in [3.05, 3.63) is 35.7 Å². The van der Waals surface area contributed by atoms with Crippen molar-refractivity contribution in [1.29, 1.82) is 0 Å². The second-order valence-corrected chi connectivity index (χ2v) is 7.74. The van der Waals surface area contributed by atoms with E-state index < -0.39 is 11.7 Å². The first-order valence-corrected chi connectivity index (χ1v) is 10.00. The molecule has 1 aromatic carbocycles. The van der Waals surface area contributed by atoms with Crippen LogP contribution < -0.4 is 0 Å². The van der Waals surface area contributed by atoms with Crippen LogP contribution in [0.2, 0.25) is 0 Å². The zero-order valence-corrected chi connectivity index (χ0v) is 16.2. The summed E-state index contributed by atoms with van der Waals surface area (Å²) in [4.78, 5) is 9.16. The predicted octanol–water partition coefficient (Wildman–Crippen LogP) is 3.30. The molecule has 6 nitrogen and oxygen atoms in total. The Labute approximate surface area is 167 Å². The monoisotopic (exact) mass is 410 g/mol. The lowest BCUT2D eigenvalue weighted by Crippen LogP contribution is -2.44. The van der Waals surface area contributed by atoms with E-state index in [-0.39, 0.29) is 0 Å². The molecule has 1 atom stereocenters. The van der Waals surface area contributed by atoms with Gasteiger partial charge in [0.25, 0.3) is 0 Å². The molecule has 2 aliphatic rings. The van der Waals surface area contributed by atoms with E-state index in [1.165, 1.54) is 18.6 Å². The molecule has 4 rings (SSSR count). The van der Waals surface area contributed by atoms with Crippen LogP contribution in [0.4, 0.5) is 13.2 Å². The minimum Gasteiger partial charge on any atom is -0.379 e. The molecule has 0 spiro atoms. The highest BCUT2D eigenvalue weighted by atomic mass is 19.4. The van der Waals surface area contributed by atoms with Gasteiger partial charge in [0.1, 0.15) is 0 Å². The predicted molar refractivity (Wildman–Crippen MR) is 100.0 cm³/mol. The van der Waals surface area contributed by atoms with Gasteiger partial charge in [0, 0.05) is 31.7 Å². The number of morpholine rings is 1. The summed E-state index contributed by atoms with van der Waals surface area (Å²) >= 11 is 0. The topological polar surface area (TPSA) is 54.6 Å². The summed E-state index contributed by atoms with van der Waals surface area (Å²) in [6.07, 6.45) is -2.00. The summed E-state index contributed by atoms with van der Waals surface area (Å²) in [6, 6.07) is 4.81. The molecule has 0 N–H and O–H groups in total. The highest BCUT2D eigenvalue weighted by molar-refractivity contribution is 5.54. The molecule has 3 heterocycles. The Hall–Kier alpha value is -1.97. The van der Waals surface area contributed by atoms with Crippen LogP contribution in [0, 0.1) is 5.92 Å². The molecule has 2 aromatic rings. The fourth-order valence-electron chi connectivity index (χ4n) is 4.03. The SMILES string of the molecule is FC(F)(F)c1ccc(-c2noc(CN3CCC[C@@H](CN4CCOCC4)C3)n2)cc1. The fourth-order valence-corrected chi connectivity index (χ4v) is 4.03. The highest BCUT2D eigenvalue weighted by Crippen LogP contribution is 2.30. The summed E-state index contributed by atoms with van der Waals surface area (Å²) in [5, 5.41) is 3.94. The van der Waals surface area contributed by atoms with Gasteiger partial charge in [-0.15, -0.1) is 0 Å². The van der Waals surface area contributed by atoms with E-state index in [2.05, 4.69) is 19.9 Å². The minimum atomic E-state index is -4.35. The summed E-state index contributed by atoms with van der Waals surface area (Å²) < 4.78 is 48.9. The number of halogens is 3. The fraction of sp³-hybridized carbons (Fsp3) is 0.600. The van der Waals surface area contributed by atoms with Crippen molar-refractivity contribution in [2.24, 2.45) is 5.92 Å². The van der Waals surface area contributed by atoms with E-state index in [1.54, 1.807) is 0 Å². The largest absolute Gasteiger partial charge is 0.416 e. The summed E-state index contributed by atoms with van der Waals surface area (Å²) in [5.74, 6) is 1.42. The van der Waals surface area contributed by atoms with Crippen molar-refractivity contribution in [3.8, 4) is 11.4 Å². The normalized spacial score (nSPS) is 22.1. The summed E-state index contributed by atoms with van der Waals surface area (Å²) in [6.45, 7) is 7.23. The number of likely N-dealkylation sites (tertiary alicyclic amines) is 1. The molecule has 29 heavy (non-hydrogen) atoms. The van der Waals surface area contributed by atoms with E-state index in [9.17, 15) is 13.2 Å². The van der Waals surface area contributed by atoms with Crippen LogP contribution >= 0.6 is 0 Å². The van der Waals surface area contributed by atoms with E-state index >= 15 is 0 Å². The zero-order valence-electron chi connectivity index (χ0n) is 16.2. The van der Waals surface area contributed by atoms with Crippen LogP contribution in [0.5, 0.6) is 0 Å². The lowest BCUT2D eigenvalue weighted by atomic mass is 9.97. The van der Waals surface area contributed by atoms with E-state index in [0.29, 0.717) is 29.7 Å². The first kappa shape index (κ1) is 20.3. The number of nitrogens with zero attached hydrogens (tertiary/aromatic N) is 4. The lowest BCUT2D eigenvalue weighted by molar-refractivity contribution is -0.137. The highest BCUT2D eigenvalue weighted by Gasteiger charge is 2.30. The van der Waals surface area contributed by atoms with Crippen LogP contribution in [-0.4, -0.2) is 65.9 Å². The van der Waals surface area contributed by atoms with Gasteiger partial charge in [0.2, 0.25) is 11.7 Å². The zero-order chi connectivity index (χ0) is 20.3. The minimum absolute atomic E-state index is 0.315. The Morgan fingerprint density at radius 2 is 1.79 bits per heavy atom. The van der Waals surface area contributed by atoms with Gasteiger partial charge in [-0.25, -0.2) is 0 Å². The van der Waals surface area contributed by atoms with Crippen LogP contribution in [-0.2, 0) is 17.5 Å². The maximum atomic E-state index is 12.7. The second-order valence-electron chi connectivity index (χ2n) is 7.74. The first-order valence-electron chi connectivity index (χ1n) is 10.00. The third kappa shape index (κ3) is 5.34. The lowest BCUT2D eigenvalue weighted by Gasteiger charge is -2.36. The van der Waals surface area contributed by atoms with Crippen molar-refractivity contribution in [1.82, 2.24) is 19.9 Å². The Bertz CT molecular complexity index is 788. The molecule has 2 saturated heterocycles. The third-order valence-electron chi connectivity index (χ3n) is 5.52. The molecular weight excluding hydrogens is 385 g/mol. The second kappa shape index (κ2) is 8.81. The van der Waals surface area contributed by atoms with Crippen LogP contribution in [0.1, 0.15) is 24.3 Å². The molecule has 0 bridgehead atoms. The maximum Gasteiger partial charge on any atom is 0.416 e. The third-order valence-corrected chi connectivity index (χ3v) is 5.52. The Morgan fingerprint density at radius 3 is 2.52 bits per heavy atom. The van der Waals surface area contributed by atoms with Gasteiger partial charge in [0.05, 0.1) is 25.3 Å². The number of ether oxygens (including phenoxy) is 1. The van der Waals surface area contributed by atoms with E-state index in [0.717, 1.165) is 64.5 Å². The van der Waals surface area contributed by atoms with E-state index in [4.69, 9.17) is 9.26 Å². The van der Waals surface area contributed by atoms with Gasteiger partial charge in [-0.2, -0.15) is 18.2 Å². The van der Waals surface area contributed by atoms with Crippen molar-refractivity contribution in [2.45, 2.75) is 25.6 Å². The summed E-state index contributed by atoms with van der Waals surface area (Å²) in [5.41, 5.74) is -0.179. The smallest absolute Gasteiger partial charge is 0.379 e. The maximum absolute atomic E-state index is 12.7. The molecule has 9 heteroatoms. The molecule has 0 saturated carbocycles. The van der Waals surface area contributed by atoms with Gasteiger partial charge in [-0.1, -0.05) is 17.3 Å². The Morgan fingerprint density at radius 1 is 1.03 bits per heavy atom. The number of rotatable bonds is 5. The van der Waals surface area contributed by atoms with Gasteiger partial charge < -0.3 is 9.26 Å². The van der Waals surface area contributed by atoms with Gasteiger partial charge in [-0.3, -0.25) is 9.80 Å². The van der Waals surface area contributed by atoms with Crippen LogP contribution in [0.15, 0.2) is 28.8 Å². The number of benzene rings is 1. The molecule has 2 aliphatic heterocycles. The van der Waals surface area contributed by atoms with Crippen molar-refractivity contribution < 1.29 is 22.4 Å². The van der Waals surface area contributed by atoms with Gasteiger partial charge in [0.15, 0.2) is 0 Å². The molecular formula is C20H25F3N4O2. The van der Waals surface area contributed by atoms with Crippen LogP contribution in [0.25, 0.3) is 11.4 Å². The van der Waals surface area contributed by atoms with Gasteiger partial charge in [-0.05, 0) is 37.4 Å². The van der Waals surface area contributed by atoms with Crippen molar-refractivity contribution in [3.63, 3.8) is 0 Å². The Balaban J connectivity index is 1.33. The quantitative estimate of drug-likeness (QED) is 0.754. The average Bonchev–Trinajstić information content (AvgIpc) is 3.17. The molecule has 0 aliphatic carbocycles. The summed E-state index contributed by atoms with van der Waals surface area (Å²) in [7, 11) is 0. The molecule has 158 valence electrons. The first-order chi connectivity index (χ1) is 14.0. The average molecular weight is 410 g/mol. The molecule has 0 amide bonds. The number of hydrogen-bond acceptors (Lipinski definition) is 6. The number of alkyl halides is 3. The number of hydrogen-bond donors (Lipinski definition) is 0. The van der Waals surface area contributed by atoms with Crippen molar-refractivity contribution >= 4 is 0 Å². The molecule has 0 unspecified atom stereocenters. The Kier molecular flexibility index (Phi) is 6.17. The van der Waals surface area contributed by atoms with Crippen molar-refractivity contribution in [2.75, 3.05) is 45.9 Å². The van der Waals surface area contributed by atoms with E-state index in [1.807, 2.05) is 0 Å². The van der Waals surface area contributed by atoms with Gasteiger partial charge >= 0.3 is 6.18 Å². The number of aromatic nitrogens is 2.